The minimum absolute atomic E-state index is 0.426. The van der Waals surface area contributed by atoms with Crippen molar-refractivity contribution in [1.82, 2.24) is 0 Å². The number of hydrogen-bond acceptors (Lipinski definition) is 2. The molecule has 318 valence electrons. The molecule has 0 amide bonds. The van der Waals surface area contributed by atoms with Crippen LogP contribution in [0.1, 0.15) is 220 Å². The molecular weight excluding hydrogens is 701 g/mol. The molecule has 0 heterocycles. The van der Waals surface area contributed by atoms with Crippen LogP contribution in [-0.2, 0) is 12.8 Å². The summed E-state index contributed by atoms with van der Waals surface area (Å²) in [6.45, 7) is 6.91. The van der Waals surface area contributed by atoms with Gasteiger partial charge in [-0.2, -0.15) is 0 Å². The first-order chi connectivity index (χ1) is 28.5. The van der Waals surface area contributed by atoms with Gasteiger partial charge in [0.1, 0.15) is 0 Å². The Morgan fingerprint density at radius 3 is 0.879 bits per heavy atom. The lowest BCUT2D eigenvalue weighted by Gasteiger charge is -2.21. The summed E-state index contributed by atoms with van der Waals surface area (Å²) in [5, 5.41) is 0. The van der Waals surface area contributed by atoms with Crippen LogP contribution < -0.4 is 11.5 Å². The van der Waals surface area contributed by atoms with Crippen molar-refractivity contribution in [3.05, 3.63) is 130 Å². The standard InChI is InChI=1S/C56H84N2/c1-4-7-10-13-16-19-22-25-48(44-46-28-32-49(33-29-46)55(51-36-40-53(57)41-37-51)26-23-20-17-14-11-8-5-2)45-47-30-34-50(35-31-47)56(52-38-42-54(58)43-39-52)27-24-21-18-15-12-9-6-3/h28-43,48,55-56H,4-27,44-45,57-58H2,1-3H3. The van der Waals surface area contributed by atoms with Crippen molar-refractivity contribution in [3.8, 4) is 0 Å². The fourth-order valence-corrected chi connectivity index (χ4v) is 9.22. The van der Waals surface area contributed by atoms with E-state index in [2.05, 4.69) is 118 Å². The maximum absolute atomic E-state index is 6.12. The van der Waals surface area contributed by atoms with E-state index in [4.69, 9.17) is 11.5 Å². The van der Waals surface area contributed by atoms with Gasteiger partial charge in [-0.05, 0) is 95.7 Å². The summed E-state index contributed by atoms with van der Waals surface area (Å²) >= 11 is 0. The summed E-state index contributed by atoms with van der Waals surface area (Å²) < 4.78 is 0. The van der Waals surface area contributed by atoms with Crippen LogP contribution in [0.15, 0.2) is 97.1 Å². The van der Waals surface area contributed by atoms with Crippen LogP contribution in [0.2, 0.25) is 0 Å². The first kappa shape index (κ1) is 47.2. The van der Waals surface area contributed by atoms with Gasteiger partial charge in [0.05, 0.1) is 0 Å². The average Bonchev–Trinajstić information content (AvgIpc) is 3.24. The van der Waals surface area contributed by atoms with Crippen molar-refractivity contribution in [2.24, 2.45) is 5.92 Å². The van der Waals surface area contributed by atoms with Gasteiger partial charge in [0, 0.05) is 23.2 Å². The number of unbranched alkanes of at least 4 members (excludes halogenated alkanes) is 18. The van der Waals surface area contributed by atoms with Crippen molar-refractivity contribution < 1.29 is 0 Å². The topological polar surface area (TPSA) is 52.0 Å². The number of rotatable bonds is 32. The monoisotopic (exact) mass is 785 g/mol. The molecule has 0 aliphatic rings. The van der Waals surface area contributed by atoms with Crippen LogP contribution in [0, 0.1) is 5.92 Å². The lowest BCUT2D eigenvalue weighted by atomic mass is 9.83. The van der Waals surface area contributed by atoms with Gasteiger partial charge in [0.25, 0.3) is 0 Å². The number of benzene rings is 4. The second-order valence-corrected chi connectivity index (χ2v) is 17.9. The summed E-state index contributed by atoms with van der Waals surface area (Å²) in [6.07, 6.45) is 34.4. The van der Waals surface area contributed by atoms with E-state index in [9.17, 15) is 0 Å². The van der Waals surface area contributed by atoms with E-state index in [1.165, 1.54) is 187 Å². The van der Waals surface area contributed by atoms with Gasteiger partial charge in [0.15, 0.2) is 0 Å². The highest BCUT2D eigenvalue weighted by Gasteiger charge is 2.18. The Kier molecular flexibility index (Phi) is 23.4. The molecule has 0 bridgehead atoms. The molecule has 0 radical (unpaired) electrons. The first-order valence-corrected chi connectivity index (χ1v) is 24.4. The Hall–Kier alpha value is -3.52. The summed E-state index contributed by atoms with van der Waals surface area (Å²) in [7, 11) is 0. The van der Waals surface area contributed by atoms with Crippen LogP contribution in [-0.4, -0.2) is 0 Å². The molecule has 58 heavy (non-hydrogen) atoms. The highest BCUT2D eigenvalue weighted by molar-refractivity contribution is 5.44. The second kappa shape index (κ2) is 28.8. The van der Waals surface area contributed by atoms with Crippen molar-refractivity contribution in [2.75, 3.05) is 11.5 Å². The van der Waals surface area contributed by atoms with Gasteiger partial charge < -0.3 is 11.5 Å². The zero-order valence-electron chi connectivity index (χ0n) is 37.5. The molecule has 0 spiro atoms. The number of hydrogen-bond donors (Lipinski definition) is 2. The van der Waals surface area contributed by atoms with Gasteiger partial charge in [-0.25, -0.2) is 0 Å². The molecule has 0 saturated carbocycles. The molecule has 4 rings (SSSR count). The normalized spacial score (nSPS) is 13.1. The molecule has 0 aliphatic heterocycles. The molecule has 4 aromatic rings. The molecule has 2 heteroatoms. The molecule has 4 aromatic carbocycles. The average molecular weight is 785 g/mol. The molecule has 0 aliphatic carbocycles. The van der Waals surface area contributed by atoms with E-state index in [0.717, 1.165) is 24.2 Å². The Balaban J connectivity index is 1.44. The van der Waals surface area contributed by atoms with Crippen molar-refractivity contribution in [2.45, 2.75) is 200 Å². The van der Waals surface area contributed by atoms with Crippen molar-refractivity contribution in [3.63, 3.8) is 0 Å². The van der Waals surface area contributed by atoms with Gasteiger partial charge in [-0.1, -0.05) is 228 Å². The van der Waals surface area contributed by atoms with Gasteiger partial charge in [0.2, 0.25) is 0 Å². The van der Waals surface area contributed by atoms with Gasteiger partial charge in [-0.15, -0.1) is 0 Å². The van der Waals surface area contributed by atoms with Crippen LogP contribution in [0.4, 0.5) is 11.4 Å². The number of nitrogen functional groups attached to an aromatic ring is 2. The summed E-state index contributed by atoms with van der Waals surface area (Å²) in [5.74, 6) is 1.50. The quantitative estimate of drug-likeness (QED) is 0.0383. The van der Waals surface area contributed by atoms with E-state index < -0.39 is 0 Å². The third-order valence-corrected chi connectivity index (χ3v) is 12.9. The Labute approximate surface area is 357 Å². The Morgan fingerprint density at radius 1 is 0.310 bits per heavy atom. The van der Waals surface area contributed by atoms with E-state index in [1.54, 1.807) is 0 Å². The van der Waals surface area contributed by atoms with Crippen molar-refractivity contribution in [1.29, 1.82) is 0 Å². The maximum atomic E-state index is 6.12. The molecule has 2 nitrogen and oxygen atoms in total. The third kappa shape index (κ3) is 18.2. The molecule has 0 aromatic heterocycles. The summed E-state index contributed by atoms with van der Waals surface area (Å²) in [4.78, 5) is 0. The van der Waals surface area contributed by atoms with E-state index >= 15 is 0 Å². The first-order valence-electron chi connectivity index (χ1n) is 24.4. The largest absolute Gasteiger partial charge is 0.399 e. The molecule has 0 fully saturated rings. The number of anilines is 2. The second-order valence-electron chi connectivity index (χ2n) is 17.9. The molecule has 0 saturated heterocycles. The molecule has 4 N–H and O–H groups in total. The molecular formula is C56H84N2. The zero-order valence-corrected chi connectivity index (χ0v) is 37.5. The maximum Gasteiger partial charge on any atom is 0.0314 e. The minimum atomic E-state index is 0.426. The SMILES string of the molecule is CCCCCCCCCC(Cc1ccc(C(CCCCCCCCC)c2ccc(N)cc2)cc1)Cc1ccc(C(CCCCCCCCC)c2ccc(N)cc2)cc1. The fourth-order valence-electron chi connectivity index (χ4n) is 9.22. The van der Waals surface area contributed by atoms with Gasteiger partial charge in [-0.3, -0.25) is 0 Å². The predicted octanol–water partition coefficient (Wildman–Crippen LogP) is 16.9. The zero-order chi connectivity index (χ0) is 41.0. The fraction of sp³-hybridized carbons (Fsp3) is 0.571. The molecule has 2 unspecified atom stereocenters. The van der Waals surface area contributed by atoms with Crippen molar-refractivity contribution >= 4 is 11.4 Å². The lowest BCUT2D eigenvalue weighted by Crippen LogP contribution is -2.10. The van der Waals surface area contributed by atoms with E-state index in [-0.39, 0.29) is 0 Å². The Morgan fingerprint density at radius 2 is 0.569 bits per heavy atom. The highest BCUT2D eigenvalue weighted by Crippen LogP contribution is 2.34. The highest BCUT2D eigenvalue weighted by atomic mass is 14.5. The predicted molar refractivity (Wildman–Crippen MR) is 257 cm³/mol. The smallest absolute Gasteiger partial charge is 0.0314 e. The molecule has 2 atom stereocenters. The van der Waals surface area contributed by atoms with E-state index in [1.807, 2.05) is 0 Å². The van der Waals surface area contributed by atoms with Crippen LogP contribution in [0.25, 0.3) is 0 Å². The Bertz CT molecular complexity index is 1460. The lowest BCUT2D eigenvalue weighted by molar-refractivity contribution is 0.444. The number of nitrogens with two attached hydrogens (primary N) is 2. The van der Waals surface area contributed by atoms with Gasteiger partial charge >= 0.3 is 0 Å². The minimum Gasteiger partial charge on any atom is -0.399 e. The summed E-state index contributed by atoms with van der Waals surface area (Å²) in [5.41, 5.74) is 22.6. The van der Waals surface area contributed by atoms with Crippen LogP contribution in [0.3, 0.4) is 0 Å². The summed E-state index contributed by atoms with van der Waals surface area (Å²) in [6, 6.07) is 36.9. The van der Waals surface area contributed by atoms with Crippen LogP contribution >= 0.6 is 0 Å². The van der Waals surface area contributed by atoms with Crippen LogP contribution in [0.5, 0.6) is 0 Å². The van der Waals surface area contributed by atoms with E-state index in [0.29, 0.717) is 17.8 Å². The third-order valence-electron chi connectivity index (χ3n) is 12.9.